The molecule has 1 aliphatic heterocycles. The zero-order chi connectivity index (χ0) is 9.68. The molecular formula is C9H16N4. The third-order valence-corrected chi connectivity index (χ3v) is 2.14. The average Bonchev–Trinajstić information content (AvgIpc) is 2.19. The Balaban J connectivity index is 2.50. The molecule has 0 aromatic carbocycles. The minimum Gasteiger partial charge on any atom is -0.358 e. The summed E-state index contributed by atoms with van der Waals surface area (Å²) >= 11 is 0. The van der Waals surface area contributed by atoms with Crippen molar-refractivity contribution in [3.05, 3.63) is 0 Å². The number of nitriles is 1. The third-order valence-electron chi connectivity index (χ3n) is 2.14. The van der Waals surface area contributed by atoms with Crippen LogP contribution in [-0.2, 0) is 0 Å². The van der Waals surface area contributed by atoms with Crippen molar-refractivity contribution < 1.29 is 0 Å². The lowest BCUT2D eigenvalue weighted by atomic mass is 10.3. The number of hydrogen-bond donors (Lipinski definition) is 1. The minimum absolute atomic E-state index is 0.227. The first kappa shape index (κ1) is 10.0. The van der Waals surface area contributed by atoms with Crippen molar-refractivity contribution in [3.63, 3.8) is 0 Å². The molecule has 4 heteroatoms. The molecule has 1 atom stereocenters. The summed E-state index contributed by atoms with van der Waals surface area (Å²) in [5.74, 6) is 0.982. The van der Waals surface area contributed by atoms with E-state index in [1.165, 1.54) is 0 Å². The van der Waals surface area contributed by atoms with Gasteiger partial charge >= 0.3 is 0 Å². The van der Waals surface area contributed by atoms with E-state index in [0.29, 0.717) is 0 Å². The van der Waals surface area contributed by atoms with Crippen LogP contribution in [0.4, 0.5) is 0 Å². The number of nitrogens with zero attached hydrogens (tertiary/aromatic N) is 3. The highest BCUT2D eigenvalue weighted by atomic mass is 15.2. The van der Waals surface area contributed by atoms with Gasteiger partial charge in [0.05, 0.1) is 11.9 Å². The molecule has 1 unspecified atom stereocenters. The predicted molar refractivity (Wildman–Crippen MR) is 52.6 cm³/mol. The molecule has 0 radical (unpaired) electrons. The van der Waals surface area contributed by atoms with Crippen molar-refractivity contribution in [2.75, 3.05) is 26.2 Å². The second kappa shape index (κ2) is 4.83. The van der Waals surface area contributed by atoms with Gasteiger partial charge in [0.1, 0.15) is 6.04 Å². The monoisotopic (exact) mass is 180 g/mol. The van der Waals surface area contributed by atoms with E-state index in [2.05, 4.69) is 21.3 Å². The van der Waals surface area contributed by atoms with Gasteiger partial charge < -0.3 is 10.2 Å². The van der Waals surface area contributed by atoms with Crippen LogP contribution in [0.15, 0.2) is 4.99 Å². The second-order valence-electron chi connectivity index (χ2n) is 3.22. The molecule has 1 rings (SSSR count). The van der Waals surface area contributed by atoms with E-state index in [-0.39, 0.29) is 6.04 Å². The molecule has 0 aromatic rings. The summed E-state index contributed by atoms with van der Waals surface area (Å²) < 4.78 is 0. The van der Waals surface area contributed by atoms with E-state index in [1.54, 1.807) is 0 Å². The van der Waals surface area contributed by atoms with Crippen molar-refractivity contribution in [1.29, 1.82) is 5.26 Å². The maximum absolute atomic E-state index is 8.59. The summed E-state index contributed by atoms with van der Waals surface area (Å²) in [7, 11) is 0. The fourth-order valence-corrected chi connectivity index (χ4v) is 1.38. The standard InChI is InChI=1S/C9H16N4/c1-8(7-10)12-9(2)13-5-3-11-4-6-13/h8,11H,3-6H2,1-2H3. The highest BCUT2D eigenvalue weighted by molar-refractivity contribution is 5.80. The molecule has 1 N–H and O–H groups in total. The Labute approximate surface area is 79.3 Å². The van der Waals surface area contributed by atoms with E-state index in [9.17, 15) is 0 Å². The summed E-state index contributed by atoms with van der Waals surface area (Å²) in [6.07, 6.45) is 0. The molecule has 13 heavy (non-hydrogen) atoms. The van der Waals surface area contributed by atoms with Crippen LogP contribution in [-0.4, -0.2) is 43.0 Å². The van der Waals surface area contributed by atoms with Crippen molar-refractivity contribution in [3.8, 4) is 6.07 Å². The lowest BCUT2D eigenvalue weighted by Gasteiger charge is -2.29. The SMILES string of the molecule is CC(=NC(C)C#N)N1CCNCC1. The van der Waals surface area contributed by atoms with Gasteiger partial charge in [0.2, 0.25) is 0 Å². The van der Waals surface area contributed by atoms with Crippen molar-refractivity contribution >= 4 is 5.84 Å². The van der Waals surface area contributed by atoms with Gasteiger partial charge in [-0.25, -0.2) is 0 Å². The Morgan fingerprint density at radius 2 is 2.15 bits per heavy atom. The topological polar surface area (TPSA) is 51.4 Å². The Kier molecular flexibility index (Phi) is 3.71. The summed E-state index contributed by atoms with van der Waals surface area (Å²) in [5.41, 5.74) is 0. The van der Waals surface area contributed by atoms with Crippen LogP contribution in [0.25, 0.3) is 0 Å². The third kappa shape index (κ3) is 3.03. The zero-order valence-corrected chi connectivity index (χ0v) is 8.25. The molecule has 0 saturated carbocycles. The zero-order valence-electron chi connectivity index (χ0n) is 8.25. The van der Waals surface area contributed by atoms with Gasteiger partial charge in [0.15, 0.2) is 0 Å². The highest BCUT2D eigenvalue weighted by Gasteiger charge is 2.10. The molecule has 0 spiro atoms. The first-order chi connectivity index (χ1) is 6.24. The average molecular weight is 180 g/mol. The molecule has 72 valence electrons. The predicted octanol–water partition coefficient (Wildman–Crippen LogP) is 0.222. The molecule has 4 nitrogen and oxygen atoms in total. The van der Waals surface area contributed by atoms with Crippen LogP contribution in [0.1, 0.15) is 13.8 Å². The molecule has 1 heterocycles. The van der Waals surface area contributed by atoms with E-state index >= 15 is 0 Å². The first-order valence-corrected chi connectivity index (χ1v) is 4.63. The molecular weight excluding hydrogens is 164 g/mol. The summed E-state index contributed by atoms with van der Waals surface area (Å²) in [5, 5.41) is 11.9. The second-order valence-corrected chi connectivity index (χ2v) is 3.22. The number of amidine groups is 1. The van der Waals surface area contributed by atoms with E-state index in [1.807, 2.05) is 13.8 Å². The maximum Gasteiger partial charge on any atom is 0.135 e. The van der Waals surface area contributed by atoms with Crippen LogP contribution < -0.4 is 5.32 Å². The molecule has 1 aliphatic rings. The molecule has 0 aliphatic carbocycles. The van der Waals surface area contributed by atoms with Gasteiger partial charge in [-0.2, -0.15) is 5.26 Å². The Morgan fingerprint density at radius 3 is 2.69 bits per heavy atom. The normalized spacial score (nSPS) is 21.0. The molecule has 0 amide bonds. The number of piperazine rings is 1. The molecule has 0 bridgehead atoms. The Morgan fingerprint density at radius 1 is 1.54 bits per heavy atom. The Hall–Kier alpha value is -1.08. The van der Waals surface area contributed by atoms with Gasteiger partial charge in [-0.3, -0.25) is 4.99 Å². The smallest absolute Gasteiger partial charge is 0.135 e. The number of aliphatic imine (C=N–C) groups is 1. The lowest BCUT2D eigenvalue weighted by Crippen LogP contribution is -2.45. The van der Waals surface area contributed by atoms with Gasteiger partial charge in [0.25, 0.3) is 0 Å². The fraction of sp³-hybridized carbons (Fsp3) is 0.778. The van der Waals surface area contributed by atoms with Crippen LogP contribution >= 0.6 is 0 Å². The van der Waals surface area contributed by atoms with E-state index < -0.39 is 0 Å². The number of nitrogens with one attached hydrogen (secondary N) is 1. The van der Waals surface area contributed by atoms with Crippen molar-refractivity contribution in [2.45, 2.75) is 19.9 Å². The quantitative estimate of drug-likeness (QED) is 0.464. The van der Waals surface area contributed by atoms with E-state index in [0.717, 1.165) is 32.0 Å². The van der Waals surface area contributed by atoms with Crippen molar-refractivity contribution in [1.82, 2.24) is 10.2 Å². The van der Waals surface area contributed by atoms with Gasteiger partial charge in [0, 0.05) is 26.2 Å². The van der Waals surface area contributed by atoms with Gasteiger partial charge in [-0.1, -0.05) is 0 Å². The maximum atomic E-state index is 8.59. The lowest BCUT2D eigenvalue weighted by molar-refractivity contribution is 0.354. The summed E-state index contributed by atoms with van der Waals surface area (Å²) in [6.45, 7) is 7.79. The van der Waals surface area contributed by atoms with Crippen LogP contribution in [0.3, 0.4) is 0 Å². The highest BCUT2D eigenvalue weighted by Crippen LogP contribution is 1.97. The van der Waals surface area contributed by atoms with Crippen LogP contribution in [0.2, 0.25) is 0 Å². The minimum atomic E-state index is -0.227. The van der Waals surface area contributed by atoms with Gasteiger partial charge in [-0.15, -0.1) is 0 Å². The number of rotatable bonds is 1. The first-order valence-electron chi connectivity index (χ1n) is 4.63. The molecule has 0 aromatic heterocycles. The molecule has 1 saturated heterocycles. The summed E-state index contributed by atoms with van der Waals surface area (Å²) in [6, 6.07) is 1.88. The fourth-order valence-electron chi connectivity index (χ4n) is 1.38. The van der Waals surface area contributed by atoms with Gasteiger partial charge in [-0.05, 0) is 13.8 Å². The number of hydrogen-bond acceptors (Lipinski definition) is 3. The van der Waals surface area contributed by atoms with Crippen LogP contribution in [0, 0.1) is 11.3 Å². The van der Waals surface area contributed by atoms with Crippen molar-refractivity contribution in [2.24, 2.45) is 4.99 Å². The van der Waals surface area contributed by atoms with E-state index in [4.69, 9.17) is 5.26 Å². The molecule has 1 fully saturated rings. The Bertz CT molecular complexity index is 222. The van der Waals surface area contributed by atoms with Crippen LogP contribution in [0.5, 0.6) is 0 Å². The largest absolute Gasteiger partial charge is 0.358 e. The summed E-state index contributed by atoms with van der Waals surface area (Å²) in [4.78, 5) is 6.49.